The van der Waals surface area contributed by atoms with E-state index in [0.29, 0.717) is 5.56 Å². The van der Waals surface area contributed by atoms with E-state index in [9.17, 15) is 8.78 Å². The Hall–Kier alpha value is -1.90. The first kappa shape index (κ1) is 21.1. The Balaban J connectivity index is 0.00000312. The molecule has 0 bridgehead atoms. The van der Waals surface area contributed by atoms with Crippen LogP contribution in [0, 0.1) is 20.8 Å². The molecule has 0 aliphatic heterocycles. The van der Waals surface area contributed by atoms with Crippen molar-refractivity contribution in [2.75, 3.05) is 5.32 Å². The van der Waals surface area contributed by atoms with Gasteiger partial charge in [-0.05, 0) is 50.1 Å². The van der Waals surface area contributed by atoms with Crippen molar-refractivity contribution in [2.24, 2.45) is 10.7 Å². The molecule has 2 aromatic rings. The summed E-state index contributed by atoms with van der Waals surface area (Å²) < 4.78 is 29.5. The van der Waals surface area contributed by atoms with Crippen LogP contribution in [-0.2, 0) is 6.54 Å². The molecular formula is C18H22F2IN3O. The van der Waals surface area contributed by atoms with Crippen LogP contribution in [0.1, 0.15) is 22.3 Å². The van der Waals surface area contributed by atoms with Gasteiger partial charge >= 0.3 is 6.61 Å². The summed E-state index contributed by atoms with van der Waals surface area (Å²) in [4.78, 5) is 4.22. The van der Waals surface area contributed by atoms with Crippen molar-refractivity contribution in [2.45, 2.75) is 33.9 Å². The molecule has 0 heterocycles. The van der Waals surface area contributed by atoms with E-state index in [0.717, 1.165) is 22.4 Å². The Bertz CT molecular complexity index is 731. The second-order valence-corrected chi connectivity index (χ2v) is 5.69. The summed E-state index contributed by atoms with van der Waals surface area (Å²) >= 11 is 0. The third-order valence-corrected chi connectivity index (χ3v) is 3.35. The predicted octanol–water partition coefficient (Wildman–Crippen LogP) is 4.76. The van der Waals surface area contributed by atoms with Gasteiger partial charge in [0.25, 0.3) is 0 Å². The van der Waals surface area contributed by atoms with Gasteiger partial charge in [-0.2, -0.15) is 8.78 Å². The number of hydrogen-bond acceptors (Lipinski definition) is 2. The van der Waals surface area contributed by atoms with Gasteiger partial charge < -0.3 is 15.8 Å². The lowest BCUT2D eigenvalue weighted by Crippen LogP contribution is -2.22. The summed E-state index contributed by atoms with van der Waals surface area (Å²) in [5.74, 6) is 0.322. The molecule has 0 radical (unpaired) electrons. The van der Waals surface area contributed by atoms with Gasteiger partial charge in [-0.3, -0.25) is 0 Å². The van der Waals surface area contributed by atoms with E-state index in [-0.39, 0.29) is 42.2 Å². The molecule has 0 fully saturated rings. The maximum Gasteiger partial charge on any atom is 0.387 e. The second kappa shape index (κ2) is 9.55. The SMILES string of the molecule is Cc1cc(C)cc(NC(N)=NCc2cc(C)ccc2OC(F)F)c1.I. The number of aryl methyl sites for hydroxylation is 3. The number of nitrogens with one attached hydrogen (secondary N) is 1. The van der Waals surface area contributed by atoms with Crippen LogP contribution in [0.5, 0.6) is 5.75 Å². The van der Waals surface area contributed by atoms with Crippen molar-refractivity contribution in [3.8, 4) is 5.75 Å². The van der Waals surface area contributed by atoms with Crippen molar-refractivity contribution in [3.63, 3.8) is 0 Å². The minimum absolute atomic E-state index is 0. The van der Waals surface area contributed by atoms with Gasteiger partial charge in [0.2, 0.25) is 0 Å². The van der Waals surface area contributed by atoms with Gasteiger partial charge in [-0.25, -0.2) is 4.99 Å². The van der Waals surface area contributed by atoms with Gasteiger partial charge in [0, 0.05) is 11.3 Å². The molecule has 0 spiro atoms. The van der Waals surface area contributed by atoms with Crippen LogP contribution in [-0.4, -0.2) is 12.6 Å². The lowest BCUT2D eigenvalue weighted by Gasteiger charge is -2.11. The third-order valence-electron chi connectivity index (χ3n) is 3.35. The van der Waals surface area contributed by atoms with Crippen LogP contribution in [0.25, 0.3) is 0 Å². The number of halogens is 3. The molecule has 4 nitrogen and oxygen atoms in total. The Morgan fingerprint density at radius 3 is 2.32 bits per heavy atom. The molecule has 7 heteroatoms. The summed E-state index contributed by atoms with van der Waals surface area (Å²) in [5, 5.41) is 3.01. The quantitative estimate of drug-likeness (QED) is 0.384. The third kappa shape index (κ3) is 6.85. The lowest BCUT2D eigenvalue weighted by molar-refractivity contribution is -0.0504. The highest BCUT2D eigenvalue weighted by Gasteiger charge is 2.09. The van der Waals surface area contributed by atoms with Crippen molar-refractivity contribution in [1.29, 1.82) is 0 Å². The highest BCUT2D eigenvalue weighted by atomic mass is 127. The fourth-order valence-electron chi connectivity index (χ4n) is 2.45. The van der Waals surface area contributed by atoms with Gasteiger partial charge in [0.15, 0.2) is 5.96 Å². The van der Waals surface area contributed by atoms with E-state index in [1.807, 2.05) is 32.9 Å². The smallest absolute Gasteiger partial charge is 0.387 e. The fourth-order valence-corrected chi connectivity index (χ4v) is 2.45. The van der Waals surface area contributed by atoms with Crippen LogP contribution >= 0.6 is 24.0 Å². The zero-order chi connectivity index (χ0) is 17.7. The van der Waals surface area contributed by atoms with Gasteiger partial charge in [-0.15, -0.1) is 24.0 Å². The highest BCUT2D eigenvalue weighted by molar-refractivity contribution is 14.0. The average Bonchev–Trinajstić information content (AvgIpc) is 2.46. The van der Waals surface area contributed by atoms with Crippen molar-refractivity contribution < 1.29 is 13.5 Å². The summed E-state index contributed by atoms with van der Waals surface area (Å²) in [6, 6.07) is 10.9. The number of nitrogens with two attached hydrogens (primary N) is 1. The highest BCUT2D eigenvalue weighted by Crippen LogP contribution is 2.23. The molecule has 2 rings (SSSR count). The van der Waals surface area contributed by atoms with Gasteiger partial charge in [0.05, 0.1) is 6.54 Å². The van der Waals surface area contributed by atoms with Crippen molar-refractivity contribution >= 4 is 35.6 Å². The number of anilines is 1. The Labute approximate surface area is 163 Å². The number of nitrogens with zero attached hydrogens (tertiary/aromatic N) is 1. The van der Waals surface area contributed by atoms with Crippen molar-refractivity contribution in [3.05, 3.63) is 58.7 Å². The minimum atomic E-state index is -2.87. The number of hydrogen-bond donors (Lipinski definition) is 2. The van der Waals surface area contributed by atoms with Crippen molar-refractivity contribution in [1.82, 2.24) is 0 Å². The van der Waals surface area contributed by atoms with Gasteiger partial charge in [0.1, 0.15) is 5.75 Å². The molecular weight excluding hydrogens is 439 g/mol. The lowest BCUT2D eigenvalue weighted by atomic mass is 10.1. The van der Waals surface area contributed by atoms with E-state index in [4.69, 9.17) is 5.73 Å². The molecule has 0 saturated carbocycles. The maximum atomic E-state index is 12.5. The summed E-state index contributed by atoms with van der Waals surface area (Å²) in [7, 11) is 0. The number of benzene rings is 2. The Morgan fingerprint density at radius 1 is 1.08 bits per heavy atom. The number of ether oxygens (including phenoxy) is 1. The van der Waals surface area contributed by atoms with Crippen LogP contribution < -0.4 is 15.8 Å². The normalized spacial score (nSPS) is 11.2. The first-order valence-electron chi connectivity index (χ1n) is 7.53. The van der Waals surface area contributed by atoms with Crippen LogP contribution in [0.15, 0.2) is 41.4 Å². The molecule has 3 N–H and O–H groups in total. The van der Waals surface area contributed by atoms with E-state index < -0.39 is 6.61 Å². The van der Waals surface area contributed by atoms with Crippen LogP contribution in [0.2, 0.25) is 0 Å². The minimum Gasteiger partial charge on any atom is -0.434 e. The van der Waals surface area contributed by atoms with E-state index in [2.05, 4.69) is 21.1 Å². The Morgan fingerprint density at radius 2 is 1.72 bits per heavy atom. The average molecular weight is 461 g/mol. The van der Waals surface area contributed by atoms with Crippen LogP contribution in [0.4, 0.5) is 14.5 Å². The predicted molar refractivity (Wildman–Crippen MR) is 108 cm³/mol. The molecule has 0 aliphatic carbocycles. The molecule has 136 valence electrons. The molecule has 0 aromatic heterocycles. The zero-order valence-electron chi connectivity index (χ0n) is 14.3. The second-order valence-electron chi connectivity index (χ2n) is 5.69. The topological polar surface area (TPSA) is 59.6 Å². The molecule has 25 heavy (non-hydrogen) atoms. The number of guanidine groups is 1. The maximum absolute atomic E-state index is 12.5. The largest absolute Gasteiger partial charge is 0.434 e. The fraction of sp³-hybridized carbons (Fsp3) is 0.278. The van der Waals surface area contributed by atoms with Gasteiger partial charge in [-0.1, -0.05) is 23.8 Å². The standard InChI is InChI=1S/C18H21F2N3O.HI/c1-11-4-5-16(24-17(19)20)14(7-11)10-22-18(21)23-15-8-12(2)6-13(3)9-15;/h4-9,17H,10H2,1-3H3,(H3,21,22,23);1H. The monoisotopic (exact) mass is 461 g/mol. The molecule has 2 aromatic carbocycles. The summed E-state index contributed by atoms with van der Waals surface area (Å²) in [5.41, 5.74) is 10.4. The Kier molecular flexibility index (Phi) is 8.08. The molecule has 0 amide bonds. The summed E-state index contributed by atoms with van der Waals surface area (Å²) in [6.45, 7) is 3.13. The number of alkyl halides is 2. The molecule has 0 saturated heterocycles. The number of aliphatic imine (C=N–C) groups is 1. The van der Waals surface area contributed by atoms with E-state index in [1.165, 1.54) is 6.07 Å². The molecule has 0 aliphatic rings. The molecule has 0 unspecified atom stereocenters. The summed E-state index contributed by atoms with van der Waals surface area (Å²) in [6.07, 6.45) is 0. The zero-order valence-corrected chi connectivity index (χ0v) is 16.7. The first-order valence-corrected chi connectivity index (χ1v) is 7.53. The molecule has 0 atom stereocenters. The van der Waals surface area contributed by atoms with Crippen LogP contribution in [0.3, 0.4) is 0 Å². The first-order chi connectivity index (χ1) is 11.3. The van der Waals surface area contributed by atoms with E-state index >= 15 is 0 Å². The van der Waals surface area contributed by atoms with E-state index in [1.54, 1.807) is 12.1 Å². The number of rotatable bonds is 5.